The molecule has 2 N–H and O–H groups in total. The minimum atomic E-state index is -2.92. The second kappa shape index (κ2) is 6.70. The SMILES string of the molecule is CS(=O)(=O)C1CCCC(NCc2ccc(CO)cc2)C1. The molecule has 1 aliphatic carbocycles. The van der Waals surface area contributed by atoms with Crippen LogP contribution in [0.3, 0.4) is 0 Å². The van der Waals surface area contributed by atoms with E-state index in [-0.39, 0.29) is 17.9 Å². The minimum absolute atomic E-state index is 0.0619. The second-order valence-electron chi connectivity index (χ2n) is 5.67. The Morgan fingerprint density at radius 3 is 2.45 bits per heavy atom. The second-order valence-corrected chi connectivity index (χ2v) is 8.00. The van der Waals surface area contributed by atoms with E-state index >= 15 is 0 Å². The summed E-state index contributed by atoms with van der Waals surface area (Å²) in [4.78, 5) is 0. The third-order valence-electron chi connectivity index (χ3n) is 4.03. The van der Waals surface area contributed by atoms with Crippen LogP contribution in [0.4, 0.5) is 0 Å². The number of rotatable bonds is 5. The summed E-state index contributed by atoms with van der Waals surface area (Å²) < 4.78 is 23.3. The lowest BCUT2D eigenvalue weighted by Gasteiger charge is -2.28. The van der Waals surface area contributed by atoms with Crippen molar-refractivity contribution >= 4 is 9.84 Å². The molecule has 2 rings (SSSR count). The highest BCUT2D eigenvalue weighted by molar-refractivity contribution is 7.91. The average Bonchev–Trinajstić information content (AvgIpc) is 2.45. The Labute approximate surface area is 121 Å². The van der Waals surface area contributed by atoms with Crippen molar-refractivity contribution in [2.75, 3.05) is 6.26 Å². The lowest BCUT2D eigenvalue weighted by atomic mass is 9.95. The van der Waals surface area contributed by atoms with Gasteiger partial charge in [-0.25, -0.2) is 8.42 Å². The smallest absolute Gasteiger partial charge is 0.150 e. The highest BCUT2D eigenvalue weighted by Crippen LogP contribution is 2.24. The first kappa shape index (κ1) is 15.5. The molecule has 1 saturated carbocycles. The molecule has 0 aliphatic heterocycles. The molecule has 4 nitrogen and oxygen atoms in total. The molecule has 0 amide bonds. The van der Waals surface area contributed by atoms with Crippen molar-refractivity contribution in [2.45, 2.75) is 50.1 Å². The molecule has 2 unspecified atom stereocenters. The lowest BCUT2D eigenvalue weighted by molar-refractivity contribution is 0.282. The molecule has 0 radical (unpaired) electrons. The highest BCUT2D eigenvalue weighted by atomic mass is 32.2. The van der Waals surface area contributed by atoms with Gasteiger partial charge >= 0.3 is 0 Å². The summed E-state index contributed by atoms with van der Waals surface area (Å²) in [5.74, 6) is 0. The third kappa shape index (κ3) is 4.30. The van der Waals surface area contributed by atoms with Crippen LogP contribution >= 0.6 is 0 Å². The topological polar surface area (TPSA) is 66.4 Å². The molecule has 1 aromatic carbocycles. The summed E-state index contributed by atoms with van der Waals surface area (Å²) in [6, 6.07) is 8.10. The summed E-state index contributed by atoms with van der Waals surface area (Å²) in [7, 11) is -2.92. The van der Waals surface area contributed by atoms with Gasteiger partial charge in [-0.15, -0.1) is 0 Å². The molecule has 5 heteroatoms. The molecule has 0 aromatic heterocycles. The number of nitrogens with one attached hydrogen (secondary N) is 1. The lowest BCUT2D eigenvalue weighted by Crippen LogP contribution is -2.38. The predicted molar refractivity (Wildman–Crippen MR) is 80.1 cm³/mol. The number of benzene rings is 1. The largest absolute Gasteiger partial charge is 0.392 e. The van der Waals surface area contributed by atoms with Crippen LogP contribution in [0.15, 0.2) is 24.3 Å². The van der Waals surface area contributed by atoms with E-state index in [0.717, 1.165) is 36.9 Å². The summed E-state index contributed by atoms with van der Waals surface area (Å²) in [5, 5.41) is 12.3. The van der Waals surface area contributed by atoms with Crippen LogP contribution in [0.5, 0.6) is 0 Å². The van der Waals surface area contributed by atoms with E-state index in [9.17, 15) is 8.42 Å². The summed E-state index contributed by atoms with van der Waals surface area (Å²) in [6.45, 7) is 0.805. The van der Waals surface area contributed by atoms with Crippen molar-refractivity contribution in [3.8, 4) is 0 Å². The van der Waals surface area contributed by atoms with Crippen LogP contribution in [0.2, 0.25) is 0 Å². The van der Waals surface area contributed by atoms with Crippen molar-refractivity contribution in [1.82, 2.24) is 5.32 Å². The Hall–Kier alpha value is -0.910. The molecular weight excluding hydrogens is 274 g/mol. The number of aliphatic hydroxyl groups excluding tert-OH is 1. The van der Waals surface area contributed by atoms with E-state index < -0.39 is 9.84 Å². The van der Waals surface area contributed by atoms with Gasteiger partial charge in [0.25, 0.3) is 0 Å². The molecule has 0 bridgehead atoms. The maximum Gasteiger partial charge on any atom is 0.150 e. The monoisotopic (exact) mass is 297 g/mol. The first-order valence-corrected chi connectivity index (χ1v) is 9.05. The molecule has 20 heavy (non-hydrogen) atoms. The van der Waals surface area contributed by atoms with Gasteiger partial charge in [0.15, 0.2) is 0 Å². The highest BCUT2D eigenvalue weighted by Gasteiger charge is 2.28. The van der Waals surface area contributed by atoms with Gasteiger partial charge in [0, 0.05) is 18.8 Å². The molecule has 112 valence electrons. The molecule has 1 aliphatic rings. The first-order valence-electron chi connectivity index (χ1n) is 7.10. The summed E-state index contributed by atoms with van der Waals surface area (Å²) in [5.41, 5.74) is 2.06. The van der Waals surface area contributed by atoms with Gasteiger partial charge in [0.1, 0.15) is 9.84 Å². The third-order valence-corrected chi connectivity index (χ3v) is 5.67. The fourth-order valence-electron chi connectivity index (χ4n) is 2.74. The van der Waals surface area contributed by atoms with Crippen LogP contribution in [-0.4, -0.2) is 31.1 Å². The average molecular weight is 297 g/mol. The Morgan fingerprint density at radius 2 is 1.85 bits per heavy atom. The van der Waals surface area contributed by atoms with Crippen molar-refractivity contribution in [3.05, 3.63) is 35.4 Å². The van der Waals surface area contributed by atoms with Crippen molar-refractivity contribution in [1.29, 1.82) is 0 Å². The van der Waals surface area contributed by atoms with Crippen molar-refractivity contribution < 1.29 is 13.5 Å². The Balaban J connectivity index is 1.87. The van der Waals surface area contributed by atoms with E-state index in [1.165, 1.54) is 6.26 Å². The molecule has 0 saturated heterocycles. The zero-order chi connectivity index (χ0) is 14.6. The Bertz CT molecular complexity index is 525. The molecule has 0 heterocycles. The van der Waals surface area contributed by atoms with Crippen LogP contribution in [0, 0.1) is 0 Å². The van der Waals surface area contributed by atoms with Gasteiger partial charge in [-0.1, -0.05) is 30.7 Å². The summed E-state index contributed by atoms with van der Waals surface area (Å²) in [6.07, 6.45) is 4.86. The quantitative estimate of drug-likeness (QED) is 0.867. The molecule has 1 fully saturated rings. The number of hydrogen-bond donors (Lipinski definition) is 2. The van der Waals surface area contributed by atoms with E-state index in [0.29, 0.717) is 6.42 Å². The predicted octanol–water partition coefficient (Wildman–Crippen LogP) is 1.62. The van der Waals surface area contributed by atoms with E-state index in [1.807, 2.05) is 24.3 Å². The standard InChI is InChI=1S/C15H23NO3S/c1-20(18,19)15-4-2-3-14(9-15)16-10-12-5-7-13(11-17)8-6-12/h5-8,14-17H,2-4,9-11H2,1H3. The van der Waals surface area contributed by atoms with Crippen LogP contribution in [0.1, 0.15) is 36.8 Å². The number of hydrogen-bond acceptors (Lipinski definition) is 4. The fourth-order valence-corrected chi connectivity index (χ4v) is 3.92. The zero-order valence-corrected chi connectivity index (χ0v) is 12.7. The Kier molecular flexibility index (Phi) is 5.18. The molecular formula is C15H23NO3S. The van der Waals surface area contributed by atoms with Gasteiger partial charge in [0.05, 0.1) is 11.9 Å². The number of aliphatic hydroxyl groups is 1. The van der Waals surface area contributed by atoms with Gasteiger partial charge < -0.3 is 10.4 Å². The van der Waals surface area contributed by atoms with Gasteiger partial charge in [-0.3, -0.25) is 0 Å². The van der Waals surface area contributed by atoms with Crippen LogP contribution < -0.4 is 5.32 Å². The molecule has 0 spiro atoms. The maximum atomic E-state index is 11.6. The molecule has 1 aromatic rings. The minimum Gasteiger partial charge on any atom is -0.392 e. The van der Waals surface area contributed by atoms with Crippen LogP contribution in [0.25, 0.3) is 0 Å². The van der Waals surface area contributed by atoms with Crippen LogP contribution in [-0.2, 0) is 23.0 Å². The van der Waals surface area contributed by atoms with Crippen molar-refractivity contribution in [2.24, 2.45) is 0 Å². The van der Waals surface area contributed by atoms with Gasteiger partial charge in [-0.2, -0.15) is 0 Å². The Morgan fingerprint density at radius 1 is 1.20 bits per heavy atom. The van der Waals surface area contributed by atoms with Gasteiger partial charge in [0.2, 0.25) is 0 Å². The summed E-state index contributed by atoms with van der Waals surface area (Å²) >= 11 is 0. The van der Waals surface area contributed by atoms with E-state index in [1.54, 1.807) is 0 Å². The normalized spacial score (nSPS) is 23.7. The van der Waals surface area contributed by atoms with E-state index in [4.69, 9.17) is 5.11 Å². The number of sulfone groups is 1. The van der Waals surface area contributed by atoms with E-state index in [2.05, 4.69) is 5.32 Å². The maximum absolute atomic E-state index is 11.6. The fraction of sp³-hybridized carbons (Fsp3) is 0.600. The van der Waals surface area contributed by atoms with Crippen molar-refractivity contribution in [3.63, 3.8) is 0 Å². The zero-order valence-electron chi connectivity index (χ0n) is 11.9. The first-order chi connectivity index (χ1) is 9.49. The van der Waals surface area contributed by atoms with Gasteiger partial charge in [-0.05, 0) is 30.4 Å². The molecule has 2 atom stereocenters.